The summed E-state index contributed by atoms with van der Waals surface area (Å²) in [4.78, 5) is 21.9. The maximum atomic E-state index is 11.2. The first-order chi connectivity index (χ1) is 11.5. The maximum Gasteiger partial charge on any atom is 0.313 e. The summed E-state index contributed by atoms with van der Waals surface area (Å²) >= 11 is 0. The molecule has 0 radical (unpaired) electrons. The van der Waals surface area contributed by atoms with E-state index < -0.39 is 11.8 Å². The summed E-state index contributed by atoms with van der Waals surface area (Å²) in [6, 6.07) is 7.60. The van der Waals surface area contributed by atoms with Crippen LogP contribution >= 0.6 is 0 Å². The minimum absolute atomic E-state index is 0.601. The Bertz CT molecular complexity index is 495. The summed E-state index contributed by atoms with van der Waals surface area (Å²) < 4.78 is 0. The van der Waals surface area contributed by atoms with E-state index >= 15 is 0 Å². The maximum absolute atomic E-state index is 11.2. The van der Waals surface area contributed by atoms with Crippen molar-refractivity contribution in [3.05, 3.63) is 29.8 Å². The number of nitrogens with two attached hydrogens (primary N) is 1. The van der Waals surface area contributed by atoms with Crippen molar-refractivity contribution in [1.82, 2.24) is 0 Å². The van der Waals surface area contributed by atoms with Crippen LogP contribution in [0.25, 0.3) is 0 Å². The lowest BCUT2D eigenvalue weighted by Gasteiger charge is -2.06. The van der Waals surface area contributed by atoms with Gasteiger partial charge in [0, 0.05) is 5.69 Å². The largest absolute Gasteiger partial charge is 0.361 e. The highest BCUT2D eigenvalue weighted by Gasteiger charge is 2.08. The van der Waals surface area contributed by atoms with Crippen molar-refractivity contribution >= 4 is 17.5 Å². The molecule has 0 unspecified atom stereocenters. The smallest absolute Gasteiger partial charge is 0.313 e. The Morgan fingerprint density at radius 2 is 1.46 bits per heavy atom. The fourth-order valence-corrected chi connectivity index (χ4v) is 2.71. The van der Waals surface area contributed by atoms with Crippen LogP contribution in [-0.4, -0.2) is 11.8 Å². The zero-order valence-electron chi connectivity index (χ0n) is 15.1. The van der Waals surface area contributed by atoms with Gasteiger partial charge in [0.2, 0.25) is 0 Å². The number of hydrogen-bond acceptors (Lipinski definition) is 2. The molecule has 0 atom stereocenters. The van der Waals surface area contributed by atoms with Crippen LogP contribution < -0.4 is 11.1 Å². The molecule has 4 heteroatoms. The van der Waals surface area contributed by atoms with Crippen LogP contribution in [0.15, 0.2) is 24.3 Å². The van der Waals surface area contributed by atoms with Gasteiger partial charge in [-0.25, -0.2) is 0 Å². The third-order valence-electron chi connectivity index (χ3n) is 4.18. The van der Waals surface area contributed by atoms with Crippen molar-refractivity contribution in [1.29, 1.82) is 0 Å². The zero-order chi connectivity index (χ0) is 17.8. The first-order valence-electron chi connectivity index (χ1n) is 9.18. The van der Waals surface area contributed by atoms with Gasteiger partial charge in [-0.1, -0.05) is 70.9 Å². The number of carbonyl (C=O) groups is 2. The molecule has 0 aliphatic carbocycles. The highest BCUT2D eigenvalue weighted by molar-refractivity contribution is 6.39. The minimum atomic E-state index is -0.969. The van der Waals surface area contributed by atoms with E-state index in [2.05, 4.69) is 19.2 Å². The summed E-state index contributed by atoms with van der Waals surface area (Å²) in [5.41, 5.74) is 6.76. The molecule has 0 saturated carbocycles. The molecular weight excluding hydrogens is 300 g/mol. The SMILES string of the molecule is CC(C)CCCCCCCCCc1ccc(NC(=O)C(N)=O)cc1. The molecule has 0 aliphatic rings. The third kappa shape index (κ3) is 9.33. The van der Waals surface area contributed by atoms with Gasteiger partial charge < -0.3 is 11.1 Å². The third-order valence-corrected chi connectivity index (χ3v) is 4.18. The van der Waals surface area contributed by atoms with Crippen molar-refractivity contribution in [2.24, 2.45) is 11.7 Å². The molecule has 0 saturated heterocycles. The Kier molecular flexibility index (Phi) is 9.81. The van der Waals surface area contributed by atoms with E-state index in [1.165, 1.54) is 56.9 Å². The number of aryl methyl sites for hydroxylation is 1. The standard InChI is InChI=1S/C20H32N2O2/c1-16(2)10-8-6-4-3-5-7-9-11-17-12-14-18(15-13-17)22-20(24)19(21)23/h12-16H,3-11H2,1-2H3,(H2,21,23)(H,22,24). The number of nitrogens with one attached hydrogen (secondary N) is 1. The van der Waals surface area contributed by atoms with Crippen molar-refractivity contribution in [2.75, 3.05) is 5.32 Å². The number of amides is 2. The second-order valence-electron chi connectivity index (χ2n) is 6.92. The van der Waals surface area contributed by atoms with Gasteiger partial charge in [0.1, 0.15) is 0 Å². The Labute approximate surface area is 146 Å². The topological polar surface area (TPSA) is 72.2 Å². The molecule has 1 aromatic carbocycles. The second-order valence-corrected chi connectivity index (χ2v) is 6.92. The molecule has 0 aliphatic heterocycles. The first kappa shape index (κ1) is 20.2. The van der Waals surface area contributed by atoms with Crippen molar-refractivity contribution in [2.45, 2.75) is 71.6 Å². The van der Waals surface area contributed by atoms with Gasteiger partial charge in [-0.2, -0.15) is 0 Å². The Morgan fingerprint density at radius 3 is 2.00 bits per heavy atom. The number of unbranched alkanes of at least 4 members (excludes halogenated alkanes) is 6. The van der Waals surface area contributed by atoms with Crippen molar-refractivity contribution < 1.29 is 9.59 Å². The molecule has 1 rings (SSSR count). The van der Waals surface area contributed by atoms with E-state index in [0.29, 0.717) is 5.69 Å². The first-order valence-corrected chi connectivity index (χ1v) is 9.18. The molecule has 0 spiro atoms. The van der Waals surface area contributed by atoms with E-state index in [0.717, 1.165) is 12.3 Å². The lowest BCUT2D eigenvalue weighted by atomic mass is 10.0. The number of primary amides is 1. The highest BCUT2D eigenvalue weighted by atomic mass is 16.2. The average Bonchev–Trinajstić information content (AvgIpc) is 2.54. The highest BCUT2D eigenvalue weighted by Crippen LogP contribution is 2.15. The zero-order valence-corrected chi connectivity index (χ0v) is 15.1. The van der Waals surface area contributed by atoms with Gasteiger partial charge in [-0.3, -0.25) is 9.59 Å². The van der Waals surface area contributed by atoms with Crippen LogP contribution in [0.1, 0.15) is 70.8 Å². The van der Waals surface area contributed by atoms with Crippen LogP contribution in [0.2, 0.25) is 0 Å². The van der Waals surface area contributed by atoms with E-state index in [-0.39, 0.29) is 0 Å². The number of anilines is 1. The quantitative estimate of drug-likeness (QED) is 0.465. The van der Waals surface area contributed by atoms with Crippen LogP contribution in [0, 0.1) is 5.92 Å². The fourth-order valence-electron chi connectivity index (χ4n) is 2.71. The number of rotatable bonds is 11. The van der Waals surface area contributed by atoms with E-state index in [4.69, 9.17) is 5.73 Å². The molecule has 24 heavy (non-hydrogen) atoms. The second kappa shape index (κ2) is 11.7. The Balaban J connectivity index is 2.09. The molecule has 3 N–H and O–H groups in total. The van der Waals surface area contributed by atoms with Gasteiger partial charge in [0.05, 0.1) is 0 Å². The van der Waals surface area contributed by atoms with E-state index in [9.17, 15) is 9.59 Å². The molecule has 0 aromatic heterocycles. The molecule has 1 aromatic rings. The van der Waals surface area contributed by atoms with Crippen LogP contribution in [0.4, 0.5) is 5.69 Å². The van der Waals surface area contributed by atoms with Crippen molar-refractivity contribution in [3.63, 3.8) is 0 Å². The molecule has 0 heterocycles. The molecule has 134 valence electrons. The number of benzene rings is 1. The van der Waals surface area contributed by atoms with Crippen LogP contribution in [0.3, 0.4) is 0 Å². The minimum Gasteiger partial charge on any atom is -0.361 e. The summed E-state index contributed by atoms with van der Waals surface area (Å²) in [7, 11) is 0. The summed E-state index contributed by atoms with van der Waals surface area (Å²) in [5.74, 6) is -0.917. The van der Waals surface area contributed by atoms with Gasteiger partial charge in [-0.15, -0.1) is 0 Å². The predicted molar refractivity (Wildman–Crippen MR) is 99.7 cm³/mol. The summed E-state index contributed by atoms with van der Waals surface area (Å²) in [5, 5.41) is 2.46. The van der Waals surface area contributed by atoms with E-state index in [1.54, 1.807) is 0 Å². The Morgan fingerprint density at radius 1 is 0.917 bits per heavy atom. The lowest BCUT2D eigenvalue weighted by molar-refractivity contribution is -0.134. The van der Waals surface area contributed by atoms with Crippen LogP contribution in [-0.2, 0) is 16.0 Å². The monoisotopic (exact) mass is 332 g/mol. The van der Waals surface area contributed by atoms with Gasteiger partial charge in [-0.05, 0) is 36.5 Å². The molecule has 2 amide bonds. The molecule has 0 fully saturated rings. The number of carbonyl (C=O) groups excluding carboxylic acids is 2. The molecule has 4 nitrogen and oxygen atoms in total. The summed E-state index contributed by atoms with van der Waals surface area (Å²) in [6.07, 6.45) is 11.6. The Hall–Kier alpha value is -1.84. The van der Waals surface area contributed by atoms with Crippen molar-refractivity contribution in [3.8, 4) is 0 Å². The average molecular weight is 332 g/mol. The normalized spacial score (nSPS) is 10.8. The molecule has 0 bridgehead atoms. The van der Waals surface area contributed by atoms with Crippen LogP contribution in [0.5, 0.6) is 0 Å². The number of hydrogen-bond donors (Lipinski definition) is 2. The van der Waals surface area contributed by atoms with Gasteiger partial charge in [0.25, 0.3) is 0 Å². The predicted octanol–water partition coefficient (Wildman–Crippen LogP) is 4.43. The van der Waals surface area contributed by atoms with E-state index in [1.807, 2.05) is 24.3 Å². The fraction of sp³-hybridized carbons (Fsp3) is 0.600. The van der Waals surface area contributed by atoms with Gasteiger partial charge >= 0.3 is 11.8 Å². The summed E-state index contributed by atoms with van der Waals surface area (Å²) in [6.45, 7) is 4.58. The molecular formula is C20H32N2O2. The van der Waals surface area contributed by atoms with Gasteiger partial charge in [0.15, 0.2) is 0 Å². The lowest BCUT2D eigenvalue weighted by Crippen LogP contribution is -2.29.